The first kappa shape index (κ1) is 11.5. The van der Waals surface area contributed by atoms with E-state index in [9.17, 15) is 4.39 Å². The number of aryl methyl sites for hydroxylation is 1. The molecule has 0 bridgehead atoms. The van der Waals surface area contributed by atoms with Gasteiger partial charge in [-0.25, -0.2) is 4.39 Å². The van der Waals surface area contributed by atoms with E-state index in [1.54, 1.807) is 25.1 Å². The van der Waals surface area contributed by atoms with Gasteiger partial charge in [0, 0.05) is 5.33 Å². The van der Waals surface area contributed by atoms with E-state index in [4.69, 9.17) is 4.74 Å². The Morgan fingerprint density at radius 2 is 2.21 bits per heavy atom. The SMILES string of the molecule is Cc1cccc(OCC(C)CBr)c1F. The van der Waals surface area contributed by atoms with Gasteiger partial charge in [-0.15, -0.1) is 0 Å². The van der Waals surface area contributed by atoms with Crippen molar-refractivity contribution in [3.8, 4) is 5.75 Å². The zero-order chi connectivity index (χ0) is 10.6. The summed E-state index contributed by atoms with van der Waals surface area (Å²) >= 11 is 3.35. The fourth-order valence-corrected chi connectivity index (χ4v) is 1.20. The Hall–Kier alpha value is -0.570. The van der Waals surface area contributed by atoms with Crippen LogP contribution >= 0.6 is 15.9 Å². The third kappa shape index (κ3) is 2.98. The Bertz CT molecular complexity index is 301. The average Bonchev–Trinajstić information content (AvgIpc) is 2.20. The molecule has 0 spiro atoms. The molecule has 0 aromatic heterocycles. The number of rotatable bonds is 4. The van der Waals surface area contributed by atoms with Gasteiger partial charge in [-0.2, -0.15) is 0 Å². The van der Waals surface area contributed by atoms with E-state index in [1.807, 2.05) is 6.92 Å². The summed E-state index contributed by atoms with van der Waals surface area (Å²) in [5.74, 6) is 0.474. The number of ether oxygens (including phenoxy) is 1. The number of halogens is 2. The number of hydrogen-bond donors (Lipinski definition) is 0. The fraction of sp³-hybridized carbons (Fsp3) is 0.455. The molecule has 1 aromatic rings. The molecule has 14 heavy (non-hydrogen) atoms. The monoisotopic (exact) mass is 260 g/mol. The summed E-state index contributed by atoms with van der Waals surface area (Å²) in [7, 11) is 0. The second-order valence-electron chi connectivity index (χ2n) is 3.46. The smallest absolute Gasteiger partial charge is 0.167 e. The van der Waals surface area contributed by atoms with Gasteiger partial charge in [0.1, 0.15) is 0 Å². The van der Waals surface area contributed by atoms with E-state index in [2.05, 4.69) is 15.9 Å². The lowest BCUT2D eigenvalue weighted by molar-refractivity contribution is 0.261. The molecular weight excluding hydrogens is 247 g/mol. The van der Waals surface area contributed by atoms with Crippen molar-refractivity contribution >= 4 is 15.9 Å². The highest BCUT2D eigenvalue weighted by Crippen LogP contribution is 2.20. The van der Waals surface area contributed by atoms with Crippen molar-refractivity contribution in [1.82, 2.24) is 0 Å². The van der Waals surface area contributed by atoms with Gasteiger partial charge in [0.15, 0.2) is 11.6 Å². The Morgan fingerprint density at radius 3 is 2.86 bits per heavy atom. The first-order valence-electron chi connectivity index (χ1n) is 4.59. The number of hydrogen-bond acceptors (Lipinski definition) is 1. The molecule has 0 aliphatic heterocycles. The van der Waals surface area contributed by atoms with Crippen molar-refractivity contribution in [3.63, 3.8) is 0 Å². The molecule has 3 heteroatoms. The van der Waals surface area contributed by atoms with Crippen LogP contribution in [0.4, 0.5) is 4.39 Å². The summed E-state index contributed by atoms with van der Waals surface area (Å²) in [6, 6.07) is 5.19. The van der Waals surface area contributed by atoms with Gasteiger partial charge in [-0.1, -0.05) is 35.0 Å². The maximum atomic E-state index is 13.4. The molecule has 0 saturated heterocycles. The van der Waals surface area contributed by atoms with Crippen LogP contribution in [0.1, 0.15) is 12.5 Å². The second kappa shape index (κ2) is 5.35. The molecule has 0 aliphatic carbocycles. The normalized spacial score (nSPS) is 12.6. The minimum absolute atomic E-state index is 0.255. The van der Waals surface area contributed by atoms with Crippen LogP contribution < -0.4 is 4.74 Å². The lowest BCUT2D eigenvalue weighted by atomic mass is 10.2. The molecule has 0 aliphatic rings. The van der Waals surface area contributed by atoms with E-state index >= 15 is 0 Å². The molecule has 1 aromatic carbocycles. The lowest BCUT2D eigenvalue weighted by Gasteiger charge is -2.11. The maximum Gasteiger partial charge on any atom is 0.167 e. The van der Waals surface area contributed by atoms with Gasteiger partial charge < -0.3 is 4.74 Å². The average molecular weight is 261 g/mol. The molecule has 1 atom stereocenters. The predicted octanol–water partition coefficient (Wildman–Crippen LogP) is 3.54. The van der Waals surface area contributed by atoms with Gasteiger partial charge in [0.25, 0.3) is 0 Å². The van der Waals surface area contributed by atoms with Crippen LogP contribution in [0.3, 0.4) is 0 Å². The second-order valence-corrected chi connectivity index (χ2v) is 4.10. The van der Waals surface area contributed by atoms with Crippen molar-refractivity contribution in [2.75, 3.05) is 11.9 Å². The largest absolute Gasteiger partial charge is 0.490 e. The van der Waals surface area contributed by atoms with Crippen LogP contribution in [-0.4, -0.2) is 11.9 Å². The Morgan fingerprint density at radius 1 is 1.50 bits per heavy atom. The van der Waals surface area contributed by atoms with Crippen LogP contribution in [0.2, 0.25) is 0 Å². The molecule has 0 fully saturated rings. The van der Waals surface area contributed by atoms with Crippen molar-refractivity contribution in [2.45, 2.75) is 13.8 Å². The van der Waals surface area contributed by atoms with Gasteiger partial charge >= 0.3 is 0 Å². The molecule has 0 amide bonds. The van der Waals surface area contributed by atoms with Crippen LogP contribution in [0, 0.1) is 18.7 Å². The summed E-state index contributed by atoms with van der Waals surface area (Å²) in [5, 5.41) is 0.862. The minimum atomic E-state index is -0.255. The van der Waals surface area contributed by atoms with Crippen molar-refractivity contribution < 1.29 is 9.13 Å². The molecule has 1 nitrogen and oxygen atoms in total. The van der Waals surface area contributed by atoms with E-state index in [0.717, 1.165) is 5.33 Å². The van der Waals surface area contributed by atoms with Gasteiger partial charge in [-0.05, 0) is 24.5 Å². The van der Waals surface area contributed by atoms with Crippen molar-refractivity contribution in [3.05, 3.63) is 29.6 Å². The molecule has 0 radical (unpaired) electrons. The first-order valence-corrected chi connectivity index (χ1v) is 5.71. The first-order chi connectivity index (χ1) is 6.65. The Labute approximate surface area is 92.4 Å². The zero-order valence-electron chi connectivity index (χ0n) is 8.39. The summed E-state index contributed by atoms with van der Waals surface area (Å²) in [4.78, 5) is 0. The van der Waals surface area contributed by atoms with E-state index in [-0.39, 0.29) is 5.82 Å². The van der Waals surface area contributed by atoms with E-state index in [0.29, 0.717) is 23.8 Å². The van der Waals surface area contributed by atoms with Crippen molar-refractivity contribution in [1.29, 1.82) is 0 Å². The topological polar surface area (TPSA) is 9.23 Å². The lowest BCUT2D eigenvalue weighted by Crippen LogP contribution is -2.10. The van der Waals surface area contributed by atoms with E-state index in [1.165, 1.54) is 0 Å². The summed E-state index contributed by atoms with van der Waals surface area (Å²) < 4.78 is 18.8. The third-order valence-corrected chi connectivity index (χ3v) is 3.05. The summed E-state index contributed by atoms with van der Waals surface area (Å²) in [5.41, 5.74) is 0.619. The molecule has 0 heterocycles. The molecular formula is C11H14BrFO. The molecule has 0 N–H and O–H groups in total. The maximum absolute atomic E-state index is 13.4. The minimum Gasteiger partial charge on any atom is -0.490 e. The molecule has 1 rings (SSSR count). The fourth-order valence-electron chi connectivity index (χ4n) is 1.01. The van der Waals surface area contributed by atoms with Gasteiger partial charge in [-0.3, -0.25) is 0 Å². The predicted molar refractivity (Wildman–Crippen MR) is 59.6 cm³/mol. The quantitative estimate of drug-likeness (QED) is 0.753. The molecule has 78 valence electrons. The van der Waals surface area contributed by atoms with Gasteiger partial charge in [0.2, 0.25) is 0 Å². The highest BCUT2D eigenvalue weighted by Gasteiger charge is 2.07. The van der Waals surface area contributed by atoms with Crippen LogP contribution in [0.25, 0.3) is 0 Å². The highest BCUT2D eigenvalue weighted by atomic mass is 79.9. The van der Waals surface area contributed by atoms with Crippen LogP contribution in [-0.2, 0) is 0 Å². The van der Waals surface area contributed by atoms with Crippen molar-refractivity contribution in [2.24, 2.45) is 5.92 Å². The third-order valence-electron chi connectivity index (χ3n) is 1.94. The summed E-state index contributed by atoms with van der Waals surface area (Å²) in [6.07, 6.45) is 0. The number of benzene rings is 1. The van der Waals surface area contributed by atoms with E-state index < -0.39 is 0 Å². The summed E-state index contributed by atoms with van der Waals surface area (Å²) in [6.45, 7) is 4.31. The van der Waals surface area contributed by atoms with Crippen LogP contribution in [0.5, 0.6) is 5.75 Å². The Kier molecular flexibility index (Phi) is 4.39. The van der Waals surface area contributed by atoms with Gasteiger partial charge in [0.05, 0.1) is 6.61 Å². The zero-order valence-corrected chi connectivity index (χ0v) is 9.97. The Balaban J connectivity index is 2.63. The standard InChI is InChI=1S/C11H14BrFO/c1-8(6-12)7-14-10-5-3-4-9(2)11(10)13/h3-5,8H,6-7H2,1-2H3. The highest BCUT2D eigenvalue weighted by molar-refractivity contribution is 9.09. The van der Waals surface area contributed by atoms with Crippen LogP contribution in [0.15, 0.2) is 18.2 Å². The number of alkyl halides is 1. The molecule has 1 unspecified atom stereocenters. The molecule has 0 saturated carbocycles.